The first-order valence-electron chi connectivity index (χ1n) is 6.77. The number of nitrogens with zero attached hydrogens (tertiary/aromatic N) is 1. The molecule has 1 aromatic heterocycles. The Morgan fingerprint density at radius 3 is 2.47 bits per heavy atom. The Labute approximate surface area is 110 Å². The van der Waals surface area contributed by atoms with Gasteiger partial charge in [-0.2, -0.15) is 0 Å². The third-order valence-electron chi connectivity index (χ3n) is 2.93. The van der Waals surface area contributed by atoms with Gasteiger partial charge in [0.2, 0.25) is 0 Å². The minimum Gasteiger partial charge on any atom is -0.308 e. The third-order valence-corrected chi connectivity index (χ3v) is 3.98. The molecule has 0 aromatic carbocycles. The van der Waals surface area contributed by atoms with Crippen LogP contribution >= 0.6 is 11.3 Å². The molecule has 1 N–H and O–H groups in total. The maximum Gasteiger partial charge on any atom is 0.0386 e. The van der Waals surface area contributed by atoms with E-state index in [2.05, 4.69) is 48.5 Å². The van der Waals surface area contributed by atoms with Crippen molar-refractivity contribution in [3.05, 3.63) is 22.4 Å². The van der Waals surface area contributed by atoms with Crippen LogP contribution in [0, 0.1) is 0 Å². The minimum atomic E-state index is 0.486. The summed E-state index contributed by atoms with van der Waals surface area (Å²) in [6.45, 7) is 11.5. The van der Waals surface area contributed by atoms with E-state index in [1.54, 1.807) is 0 Å². The lowest BCUT2D eigenvalue weighted by Crippen LogP contribution is -2.34. The normalized spacial score (nSPS) is 13.2. The molecule has 1 rings (SSSR count). The summed E-state index contributed by atoms with van der Waals surface area (Å²) in [4.78, 5) is 3.98. The second kappa shape index (κ2) is 8.67. The smallest absolute Gasteiger partial charge is 0.0386 e. The molecule has 1 atom stereocenters. The van der Waals surface area contributed by atoms with Crippen LogP contribution < -0.4 is 5.32 Å². The van der Waals surface area contributed by atoms with Crippen molar-refractivity contribution in [2.24, 2.45) is 0 Å². The number of rotatable bonds is 9. The van der Waals surface area contributed by atoms with Crippen LogP contribution in [0.4, 0.5) is 0 Å². The molecule has 98 valence electrons. The van der Waals surface area contributed by atoms with Crippen molar-refractivity contribution in [3.8, 4) is 0 Å². The zero-order valence-corrected chi connectivity index (χ0v) is 12.2. The van der Waals surface area contributed by atoms with Crippen molar-refractivity contribution in [2.75, 3.05) is 26.2 Å². The van der Waals surface area contributed by atoms with Crippen LogP contribution in [-0.4, -0.2) is 31.1 Å². The second-order valence-electron chi connectivity index (χ2n) is 4.53. The average Bonchev–Trinajstić information content (AvgIpc) is 2.83. The van der Waals surface area contributed by atoms with Gasteiger partial charge < -0.3 is 10.2 Å². The molecule has 0 radical (unpaired) electrons. The Morgan fingerprint density at radius 1 is 1.24 bits per heavy atom. The maximum absolute atomic E-state index is 3.60. The molecule has 1 unspecified atom stereocenters. The minimum absolute atomic E-state index is 0.486. The zero-order chi connectivity index (χ0) is 12.5. The van der Waals surface area contributed by atoms with E-state index in [9.17, 15) is 0 Å². The predicted octanol–water partition coefficient (Wildman–Crippen LogP) is 3.52. The maximum atomic E-state index is 3.60. The van der Waals surface area contributed by atoms with Crippen LogP contribution in [0.5, 0.6) is 0 Å². The highest BCUT2D eigenvalue weighted by Crippen LogP contribution is 2.17. The standard InChI is InChI=1S/C14H26N2S/c1-4-9-16(10-5-2)11-8-15-13(3)14-7-6-12-17-14/h6-7,12-13,15H,4-5,8-11H2,1-3H3. The van der Waals surface area contributed by atoms with Gasteiger partial charge in [-0.05, 0) is 44.3 Å². The SMILES string of the molecule is CCCN(CCC)CCNC(C)c1cccs1. The number of hydrogen-bond donors (Lipinski definition) is 1. The zero-order valence-electron chi connectivity index (χ0n) is 11.4. The monoisotopic (exact) mass is 254 g/mol. The van der Waals surface area contributed by atoms with E-state index in [0.717, 1.165) is 13.1 Å². The molecule has 2 nitrogen and oxygen atoms in total. The van der Waals surface area contributed by atoms with Crippen molar-refractivity contribution >= 4 is 11.3 Å². The number of thiophene rings is 1. The quantitative estimate of drug-likeness (QED) is 0.725. The first-order valence-corrected chi connectivity index (χ1v) is 7.65. The van der Waals surface area contributed by atoms with Gasteiger partial charge in [0.05, 0.1) is 0 Å². The fourth-order valence-corrected chi connectivity index (χ4v) is 2.80. The van der Waals surface area contributed by atoms with Crippen LogP contribution in [0.15, 0.2) is 17.5 Å². The van der Waals surface area contributed by atoms with E-state index < -0.39 is 0 Å². The van der Waals surface area contributed by atoms with Gasteiger partial charge in [-0.15, -0.1) is 11.3 Å². The summed E-state index contributed by atoms with van der Waals surface area (Å²) in [5.41, 5.74) is 0. The molecular formula is C14H26N2S. The van der Waals surface area contributed by atoms with E-state index in [4.69, 9.17) is 0 Å². The lowest BCUT2D eigenvalue weighted by molar-refractivity contribution is 0.271. The molecule has 1 heterocycles. The Bertz CT molecular complexity index is 266. The highest BCUT2D eigenvalue weighted by atomic mass is 32.1. The second-order valence-corrected chi connectivity index (χ2v) is 5.51. The van der Waals surface area contributed by atoms with Crippen LogP contribution in [0.3, 0.4) is 0 Å². The van der Waals surface area contributed by atoms with Gasteiger partial charge in [0.25, 0.3) is 0 Å². The van der Waals surface area contributed by atoms with Gasteiger partial charge in [-0.3, -0.25) is 0 Å². The highest BCUT2D eigenvalue weighted by Gasteiger charge is 2.06. The Morgan fingerprint density at radius 2 is 1.94 bits per heavy atom. The average molecular weight is 254 g/mol. The van der Waals surface area contributed by atoms with Crippen molar-refractivity contribution in [3.63, 3.8) is 0 Å². The molecule has 0 saturated heterocycles. The fourth-order valence-electron chi connectivity index (χ4n) is 2.05. The third kappa shape index (κ3) is 5.66. The van der Waals surface area contributed by atoms with Crippen molar-refractivity contribution < 1.29 is 0 Å². The first kappa shape index (κ1) is 14.7. The molecule has 17 heavy (non-hydrogen) atoms. The topological polar surface area (TPSA) is 15.3 Å². The largest absolute Gasteiger partial charge is 0.308 e. The van der Waals surface area contributed by atoms with Gasteiger partial charge in [-0.25, -0.2) is 0 Å². The Kier molecular flexibility index (Phi) is 7.49. The van der Waals surface area contributed by atoms with Gasteiger partial charge in [0, 0.05) is 24.0 Å². The van der Waals surface area contributed by atoms with Gasteiger partial charge >= 0.3 is 0 Å². The molecular weight excluding hydrogens is 228 g/mol. The summed E-state index contributed by atoms with van der Waals surface area (Å²) in [6, 6.07) is 4.82. The lowest BCUT2D eigenvalue weighted by atomic mass is 10.2. The van der Waals surface area contributed by atoms with Crippen LogP contribution in [0.2, 0.25) is 0 Å². The number of hydrogen-bond acceptors (Lipinski definition) is 3. The molecule has 0 saturated carbocycles. The molecule has 0 fully saturated rings. The molecule has 1 aromatic rings. The summed E-state index contributed by atoms with van der Waals surface area (Å²) in [6.07, 6.45) is 2.50. The summed E-state index contributed by atoms with van der Waals surface area (Å²) in [5, 5.41) is 5.75. The summed E-state index contributed by atoms with van der Waals surface area (Å²) >= 11 is 1.83. The van der Waals surface area contributed by atoms with Gasteiger partial charge in [0.1, 0.15) is 0 Å². The summed E-state index contributed by atoms with van der Waals surface area (Å²) < 4.78 is 0. The van der Waals surface area contributed by atoms with E-state index in [1.807, 2.05) is 11.3 Å². The van der Waals surface area contributed by atoms with E-state index in [0.29, 0.717) is 6.04 Å². The van der Waals surface area contributed by atoms with Gasteiger partial charge in [-0.1, -0.05) is 19.9 Å². The molecule has 0 aliphatic rings. The number of nitrogens with one attached hydrogen (secondary N) is 1. The molecule has 0 spiro atoms. The fraction of sp³-hybridized carbons (Fsp3) is 0.714. The van der Waals surface area contributed by atoms with Crippen molar-refractivity contribution in [1.29, 1.82) is 0 Å². The van der Waals surface area contributed by atoms with Crippen molar-refractivity contribution in [2.45, 2.75) is 39.7 Å². The first-order chi connectivity index (χ1) is 8.27. The van der Waals surface area contributed by atoms with Crippen LogP contribution in [0.1, 0.15) is 44.5 Å². The van der Waals surface area contributed by atoms with E-state index in [1.165, 1.54) is 30.8 Å². The Hall–Kier alpha value is -0.380. The van der Waals surface area contributed by atoms with Gasteiger partial charge in [0.15, 0.2) is 0 Å². The molecule has 0 aliphatic heterocycles. The molecule has 0 bridgehead atoms. The molecule has 3 heteroatoms. The molecule has 0 aliphatic carbocycles. The van der Waals surface area contributed by atoms with E-state index in [-0.39, 0.29) is 0 Å². The lowest BCUT2D eigenvalue weighted by Gasteiger charge is -2.22. The van der Waals surface area contributed by atoms with E-state index >= 15 is 0 Å². The Balaban J connectivity index is 2.21. The predicted molar refractivity (Wildman–Crippen MR) is 77.8 cm³/mol. The molecule has 0 amide bonds. The summed E-state index contributed by atoms with van der Waals surface area (Å²) in [7, 11) is 0. The van der Waals surface area contributed by atoms with Crippen LogP contribution in [0.25, 0.3) is 0 Å². The highest BCUT2D eigenvalue weighted by molar-refractivity contribution is 7.10. The summed E-state index contributed by atoms with van der Waals surface area (Å²) in [5.74, 6) is 0. The van der Waals surface area contributed by atoms with Crippen molar-refractivity contribution in [1.82, 2.24) is 10.2 Å². The van der Waals surface area contributed by atoms with Crippen LogP contribution in [-0.2, 0) is 0 Å².